The largest absolute Gasteiger partial charge is 0.481 e. The van der Waals surface area contributed by atoms with Crippen molar-refractivity contribution in [2.75, 3.05) is 32.8 Å². The maximum Gasteiger partial charge on any atom is 0.317 e. The van der Waals surface area contributed by atoms with Crippen LogP contribution >= 0.6 is 0 Å². The van der Waals surface area contributed by atoms with Crippen LogP contribution in [-0.4, -0.2) is 65.1 Å². The van der Waals surface area contributed by atoms with Crippen LogP contribution in [0.3, 0.4) is 0 Å². The summed E-state index contributed by atoms with van der Waals surface area (Å²) in [7, 11) is 0. The number of carbonyl (C=O) groups excluding carboxylic acids is 1. The maximum absolute atomic E-state index is 11.6. The minimum Gasteiger partial charge on any atom is -0.481 e. The summed E-state index contributed by atoms with van der Waals surface area (Å²) in [4.78, 5) is 23.2. The zero-order valence-electron chi connectivity index (χ0n) is 9.93. The molecular formula is C10H20N2O5. The molecule has 0 aromatic heterocycles. The molecule has 0 bridgehead atoms. The van der Waals surface area contributed by atoms with E-state index in [1.165, 1.54) is 4.90 Å². The number of hydrogen-bond acceptors (Lipinski definition) is 4. The van der Waals surface area contributed by atoms with Gasteiger partial charge in [-0.2, -0.15) is 0 Å². The Morgan fingerprint density at radius 1 is 1.24 bits per heavy atom. The van der Waals surface area contributed by atoms with E-state index in [0.29, 0.717) is 0 Å². The van der Waals surface area contributed by atoms with E-state index in [-0.39, 0.29) is 45.2 Å². The highest BCUT2D eigenvalue weighted by Crippen LogP contribution is 2.00. The molecule has 0 saturated carbocycles. The van der Waals surface area contributed by atoms with E-state index >= 15 is 0 Å². The smallest absolute Gasteiger partial charge is 0.317 e. The molecule has 0 aliphatic heterocycles. The van der Waals surface area contributed by atoms with Crippen molar-refractivity contribution < 1.29 is 24.9 Å². The lowest BCUT2D eigenvalue weighted by Gasteiger charge is -2.22. The molecule has 0 rings (SSSR count). The molecule has 0 radical (unpaired) electrons. The topological polar surface area (TPSA) is 110 Å². The van der Waals surface area contributed by atoms with E-state index in [1.54, 1.807) is 6.92 Å². The summed E-state index contributed by atoms with van der Waals surface area (Å²) in [6.45, 7) is 1.88. The predicted molar refractivity (Wildman–Crippen MR) is 60.6 cm³/mol. The number of rotatable bonds is 8. The van der Waals surface area contributed by atoms with Crippen LogP contribution in [0.4, 0.5) is 4.79 Å². The number of carboxylic acids is 1. The summed E-state index contributed by atoms with van der Waals surface area (Å²) >= 11 is 0. The van der Waals surface area contributed by atoms with Gasteiger partial charge in [0.25, 0.3) is 0 Å². The highest BCUT2D eigenvalue weighted by Gasteiger charge is 2.14. The Balaban J connectivity index is 3.99. The molecule has 0 aromatic rings. The molecule has 0 spiro atoms. The molecule has 2 amide bonds. The standard InChI is InChI=1S/C10H20N2O5/c1-8(6-9(15)16)7-11-10(17)12(2-4-13)3-5-14/h8,13-14H,2-7H2,1H3,(H,11,17)(H,15,16). The molecule has 0 saturated heterocycles. The van der Waals surface area contributed by atoms with Crippen LogP contribution in [-0.2, 0) is 4.79 Å². The fourth-order valence-electron chi connectivity index (χ4n) is 1.30. The van der Waals surface area contributed by atoms with Crippen LogP contribution in [0.15, 0.2) is 0 Å². The van der Waals surface area contributed by atoms with Crippen LogP contribution < -0.4 is 5.32 Å². The fourth-order valence-corrected chi connectivity index (χ4v) is 1.30. The van der Waals surface area contributed by atoms with Crippen molar-refractivity contribution in [2.24, 2.45) is 5.92 Å². The Bertz CT molecular complexity index is 241. The van der Waals surface area contributed by atoms with Gasteiger partial charge in [0.05, 0.1) is 13.2 Å². The van der Waals surface area contributed by atoms with E-state index < -0.39 is 12.0 Å². The molecule has 1 atom stereocenters. The molecule has 0 aliphatic rings. The van der Waals surface area contributed by atoms with Crippen molar-refractivity contribution in [1.29, 1.82) is 0 Å². The van der Waals surface area contributed by atoms with Crippen LogP contribution in [0, 0.1) is 5.92 Å². The summed E-state index contributed by atoms with van der Waals surface area (Å²) in [6.07, 6.45) is -0.0136. The SMILES string of the molecule is CC(CNC(=O)N(CCO)CCO)CC(=O)O. The Kier molecular flexibility index (Phi) is 8.08. The Labute approximate surface area is 100 Å². The van der Waals surface area contributed by atoms with E-state index in [0.717, 1.165) is 0 Å². The number of carboxylic acid groups (broad SMARTS) is 1. The van der Waals surface area contributed by atoms with Gasteiger partial charge in [-0.05, 0) is 5.92 Å². The summed E-state index contributed by atoms with van der Waals surface area (Å²) < 4.78 is 0. The van der Waals surface area contributed by atoms with Crippen molar-refractivity contribution >= 4 is 12.0 Å². The van der Waals surface area contributed by atoms with E-state index in [4.69, 9.17) is 15.3 Å². The molecule has 7 heteroatoms. The molecule has 0 heterocycles. The van der Waals surface area contributed by atoms with Gasteiger partial charge < -0.3 is 25.5 Å². The first-order valence-electron chi connectivity index (χ1n) is 5.47. The number of hydrogen-bond donors (Lipinski definition) is 4. The molecule has 0 aromatic carbocycles. The van der Waals surface area contributed by atoms with Gasteiger partial charge in [-0.1, -0.05) is 6.92 Å². The lowest BCUT2D eigenvalue weighted by molar-refractivity contribution is -0.137. The third-order valence-electron chi connectivity index (χ3n) is 2.15. The van der Waals surface area contributed by atoms with E-state index in [9.17, 15) is 9.59 Å². The first kappa shape index (κ1) is 15.7. The minimum atomic E-state index is -0.908. The predicted octanol–water partition coefficient (Wildman–Crippen LogP) is -0.907. The quantitative estimate of drug-likeness (QED) is 0.444. The molecular weight excluding hydrogens is 228 g/mol. The third kappa shape index (κ3) is 7.53. The summed E-state index contributed by atoms with van der Waals surface area (Å²) in [6, 6.07) is -0.412. The highest BCUT2D eigenvalue weighted by molar-refractivity contribution is 5.74. The number of nitrogens with one attached hydrogen (secondary N) is 1. The number of nitrogens with zero attached hydrogens (tertiary/aromatic N) is 1. The number of aliphatic hydroxyl groups is 2. The second kappa shape index (κ2) is 8.77. The van der Waals surface area contributed by atoms with Gasteiger partial charge in [-0.15, -0.1) is 0 Å². The van der Waals surface area contributed by atoms with Crippen LogP contribution in [0.2, 0.25) is 0 Å². The molecule has 1 unspecified atom stereocenters. The number of carbonyl (C=O) groups is 2. The Morgan fingerprint density at radius 2 is 1.76 bits per heavy atom. The van der Waals surface area contributed by atoms with Gasteiger partial charge in [0.2, 0.25) is 0 Å². The van der Waals surface area contributed by atoms with Crippen molar-refractivity contribution in [1.82, 2.24) is 10.2 Å². The van der Waals surface area contributed by atoms with Crippen LogP contribution in [0.5, 0.6) is 0 Å². The first-order chi connectivity index (χ1) is 8.01. The van der Waals surface area contributed by atoms with Crippen molar-refractivity contribution in [3.05, 3.63) is 0 Å². The average Bonchev–Trinajstić information content (AvgIpc) is 2.24. The monoisotopic (exact) mass is 248 g/mol. The van der Waals surface area contributed by atoms with Gasteiger partial charge >= 0.3 is 12.0 Å². The Morgan fingerprint density at radius 3 is 2.18 bits per heavy atom. The molecule has 0 fully saturated rings. The van der Waals surface area contributed by atoms with Gasteiger partial charge in [0, 0.05) is 26.1 Å². The molecule has 100 valence electrons. The second-order valence-corrected chi connectivity index (χ2v) is 3.82. The third-order valence-corrected chi connectivity index (χ3v) is 2.15. The average molecular weight is 248 g/mol. The maximum atomic E-state index is 11.6. The van der Waals surface area contributed by atoms with Crippen molar-refractivity contribution in [3.8, 4) is 0 Å². The zero-order valence-corrected chi connectivity index (χ0v) is 9.93. The molecule has 7 nitrogen and oxygen atoms in total. The van der Waals surface area contributed by atoms with Gasteiger partial charge in [-0.25, -0.2) is 4.79 Å². The molecule has 4 N–H and O–H groups in total. The molecule has 17 heavy (non-hydrogen) atoms. The van der Waals surface area contributed by atoms with Crippen LogP contribution in [0.1, 0.15) is 13.3 Å². The summed E-state index contributed by atoms with van der Waals surface area (Å²) in [5.41, 5.74) is 0. The number of aliphatic carboxylic acids is 1. The number of aliphatic hydroxyl groups excluding tert-OH is 2. The summed E-state index contributed by atoms with van der Waals surface area (Å²) in [5, 5.41) is 28.6. The highest BCUT2D eigenvalue weighted by atomic mass is 16.4. The lowest BCUT2D eigenvalue weighted by atomic mass is 10.1. The van der Waals surface area contributed by atoms with Gasteiger partial charge in [0.1, 0.15) is 0 Å². The minimum absolute atomic E-state index is 0.0136. The fraction of sp³-hybridized carbons (Fsp3) is 0.800. The van der Waals surface area contributed by atoms with E-state index in [2.05, 4.69) is 5.32 Å². The zero-order chi connectivity index (χ0) is 13.3. The first-order valence-corrected chi connectivity index (χ1v) is 5.47. The van der Waals surface area contributed by atoms with Crippen molar-refractivity contribution in [3.63, 3.8) is 0 Å². The summed E-state index contributed by atoms with van der Waals surface area (Å²) in [5.74, 6) is -1.07. The Hall–Kier alpha value is -1.34. The van der Waals surface area contributed by atoms with Crippen molar-refractivity contribution in [2.45, 2.75) is 13.3 Å². The van der Waals surface area contributed by atoms with Gasteiger partial charge in [0.15, 0.2) is 0 Å². The normalized spacial score (nSPS) is 11.9. The van der Waals surface area contributed by atoms with Crippen LogP contribution in [0.25, 0.3) is 0 Å². The molecule has 0 aliphatic carbocycles. The second-order valence-electron chi connectivity index (χ2n) is 3.82. The lowest BCUT2D eigenvalue weighted by Crippen LogP contribution is -2.44. The van der Waals surface area contributed by atoms with E-state index in [1.807, 2.05) is 0 Å². The number of urea groups is 1. The number of amides is 2. The van der Waals surface area contributed by atoms with Gasteiger partial charge in [-0.3, -0.25) is 4.79 Å².